The minimum atomic E-state index is -4.19. The second-order valence-corrected chi connectivity index (χ2v) is 11.6. The standard InChI is InChI=1S/C30H37N3O6S/c1-21(2)31-30(35)23(4)32(19-24-13-15-25(38-5)16-14-24)29(34)20-33(27-18-22(3)12-17-28(27)39-6)40(36,37)26-10-8-7-9-11-26/h7-18,21,23H,19-20H2,1-6H3,(H,31,35). The number of hydrogen-bond acceptors (Lipinski definition) is 6. The summed E-state index contributed by atoms with van der Waals surface area (Å²) in [6.07, 6.45) is 0. The Hall–Kier alpha value is -4.05. The van der Waals surface area contributed by atoms with Crippen LogP contribution in [0.5, 0.6) is 11.5 Å². The lowest BCUT2D eigenvalue weighted by Gasteiger charge is -2.32. The molecule has 0 aromatic heterocycles. The van der Waals surface area contributed by atoms with Crippen molar-refractivity contribution in [3.63, 3.8) is 0 Å². The molecule has 0 aliphatic carbocycles. The first-order valence-electron chi connectivity index (χ1n) is 12.9. The van der Waals surface area contributed by atoms with Crippen LogP contribution in [0.3, 0.4) is 0 Å². The van der Waals surface area contributed by atoms with Gasteiger partial charge in [0, 0.05) is 12.6 Å². The van der Waals surface area contributed by atoms with E-state index in [1.54, 1.807) is 74.7 Å². The Morgan fingerprint density at radius 1 is 0.900 bits per heavy atom. The molecule has 0 fully saturated rings. The van der Waals surface area contributed by atoms with Gasteiger partial charge in [-0.05, 0) is 75.2 Å². The molecule has 0 saturated carbocycles. The number of methoxy groups -OCH3 is 2. The zero-order valence-electron chi connectivity index (χ0n) is 23.7. The van der Waals surface area contributed by atoms with Crippen molar-refractivity contribution in [1.29, 1.82) is 0 Å². The number of aryl methyl sites for hydroxylation is 1. The average molecular weight is 568 g/mol. The second-order valence-electron chi connectivity index (χ2n) is 9.71. The molecule has 0 saturated heterocycles. The lowest BCUT2D eigenvalue weighted by molar-refractivity contribution is -0.139. The highest BCUT2D eigenvalue weighted by molar-refractivity contribution is 7.92. The van der Waals surface area contributed by atoms with Crippen molar-refractivity contribution in [2.75, 3.05) is 25.1 Å². The topological polar surface area (TPSA) is 105 Å². The Labute approximate surface area is 236 Å². The SMILES string of the molecule is COc1ccc(CN(C(=O)CN(c2cc(C)ccc2OC)S(=O)(=O)c2ccccc2)C(C)C(=O)NC(C)C)cc1. The molecule has 40 heavy (non-hydrogen) atoms. The van der Waals surface area contributed by atoms with E-state index >= 15 is 0 Å². The number of benzene rings is 3. The molecular formula is C30H37N3O6S. The fourth-order valence-corrected chi connectivity index (χ4v) is 5.58. The molecule has 0 heterocycles. The van der Waals surface area contributed by atoms with Gasteiger partial charge in [0.25, 0.3) is 10.0 Å². The van der Waals surface area contributed by atoms with Gasteiger partial charge in [0.2, 0.25) is 11.8 Å². The van der Waals surface area contributed by atoms with Gasteiger partial charge in [-0.3, -0.25) is 13.9 Å². The smallest absolute Gasteiger partial charge is 0.264 e. The molecule has 2 amide bonds. The van der Waals surface area contributed by atoms with Crippen LogP contribution in [0.1, 0.15) is 31.9 Å². The van der Waals surface area contributed by atoms with Gasteiger partial charge in [-0.2, -0.15) is 0 Å². The van der Waals surface area contributed by atoms with Crippen LogP contribution in [-0.4, -0.2) is 58.0 Å². The Morgan fingerprint density at radius 2 is 1.55 bits per heavy atom. The zero-order chi connectivity index (χ0) is 29.4. The third-order valence-corrected chi connectivity index (χ3v) is 8.10. The summed E-state index contributed by atoms with van der Waals surface area (Å²) in [5, 5.41) is 2.84. The zero-order valence-corrected chi connectivity index (χ0v) is 24.6. The summed E-state index contributed by atoms with van der Waals surface area (Å²) in [5.41, 5.74) is 1.77. The molecule has 1 atom stereocenters. The summed E-state index contributed by atoms with van der Waals surface area (Å²) < 4.78 is 39.7. The largest absolute Gasteiger partial charge is 0.497 e. The predicted molar refractivity (Wildman–Crippen MR) is 155 cm³/mol. The van der Waals surface area contributed by atoms with E-state index in [0.717, 1.165) is 15.4 Å². The number of nitrogens with zero attached hydrogens (tertiary/aromatic N) is 2. The van der Waals surface area contributed by atoms with E-state index in [1.165, 1.54) is 24.1 Å². The van der Waals surface area contributed by atoms with Crippen molar-refractivity contribution in [2.45, 2.75) is 51.2 Å². The van der Waals surface area contributed by atoms with Crippen molar-refractivity contribution in [3.8, 4) is 11.5 Å². The lowest BCUT2D eigenvalue weighted by atomic mass is 10.1. The number of sulfonamides is 1. The van der Waals surface area contributed by atoms with Gasteiger partial charge >= 0.3 is 0 Å². The number of ether oxygens (including phenoxy) is 2. The molecule has 214 valence electrons. The van der Waals surface area contributed by atoms with Gasteiger partial charge in [-0.1, -0.05) is 36.4 Å². The van der Waals surface area contributed by atoms with E-state index in [9.17, 15) is 18.0 Å². The third kappa shape index (κ3) is 7.32. The first-order valence-corrected chi connectivity index (χ1v) is 14.4. The van der Waals surface area contributed by atoms with Crippen LogP contribution in [0.25, 0.3) is 0 Å². The molecular weight excluding hydrogens is 530 g/mol. The monoisotopic (exact) mass is 567 g/mol. The van der Waals surface area contributed by atoms with Crippen LogP contribution >= 0.6 is 0 Å². The molecule has 3 aromatic rings. The van der Waals surface area contributed by atoms with E-state index in [-0.39, 0.29) is 29.1 Å². The van der Waals surface area contributed by atoms with E-state index in [4.69, 9.17) is 9.47 Å². The molecule has 10 heteroatoms. The Bertz CT molecular complexity index is 1410. The fraction of sp³-hybridized carbons (Fsp3) is 0.333. The van der Waals surface area contributed by atoms with Gasteiger partial charge in [-0.25, -0.2) is 8.42 Å². The predicted octanol–water partition coefficient (Wildman–Crippen LogP) is 4.15. The maximum absolute atomic E-state index is 14.0. The maximum atomic E-state index is 14.0. The highest BCUT2D eigenvalue weighted by atomic mass is 32.2. The Morgan fingerprint density at radius 3 is 2.12 bits per heavy atom. The van der Waals surface area contributed by atoms with Crippen molar-refractivity contribution >= 4 is 27.5 Å². The molecule has 1 N–H and O–H groups in total. The fourth-order valence-electron chi connectivity index (χ4n) is 4.14. The highest BCUT2D eigenvalue weighted by Gasteiger charge is 2.34. The minimum Gasteiger partial charge on any atom is -0.497 e. The molecule has 3 aromatic carbocycles. The number of anilines is 1. The second kappa shape index (κ2) is 13.3. The summed E-state index contributed by atoms with van der Waals surface area (Å²) in [4.78, 5) is 28.5. The van der Waals surface area contributed by atoms with Gasteiger partial charge in [0.05, 0.1) is 24.8 Å². The Balaban J connectivity index is 2.08. The van der Waals surface area contributed by atoms with Gasteiger partial charge in [0.1, 0.15) is 24.1 Å². The van der Waals surface area contributed by atoms with Crippen molar-refractivity contribution in [3.05, 3.63) is 83.9 Å². The quantitative estimate of drug-likeness (QED) is 0.353. The van der Waals surface area contributed by atoms with E-state index < -0.39 is 28.5 Å². The number of rotatable bonds is 12. The van der Waals surface area contributed by atoms with Crippen LogP contribution < -0.4 is 19.1 Å². The normalized spacial score (nSPS) is 12.0. The van der Waals surface area contributed by atoms with E-state index in [0.29, 0.717) is 11.5 Å². The van der Waals surface area contributed by atoms with E-state index in [2.05, 4.69) is 5.32 Å². The van der Waals surface area contributed by atoms with Gasteiger partial charge in [-0.15, -0.1) is 0 Å². The van der Waals surface area contributed by atoms with Crippen molar-refractivity contribution < 1.29 is 27.5 Å². The number of hydrogen-bond donors (Lipinski definition) is 1. The highest BCUT2D eigenvalue weighted by Crippen LogP contribution is 2.33. The average Bonchev–Trinajstić information content (AvgIpc) is 2.94. The summed E-state index contributed by atoms with van der Waals surface area (Å²) in [7, 11) is -1.19. The first kappa shape index (κ1) is 30.5. The van der Waals surface area contributed by atoms with Crippen LogP contribution in [0.4, 0.5) is 5.69 Å². The van der Waals surface area contributed by atoms with Crippen molar-refractivity contribution in [1.82, 2.24) is 10.2 Å². The number of carbonyl (C=O) groups excluding carboxylic acids is 2. The molecule has 0 aliphatic heterocycles. The molecule has 0 bridgehead atoms. The molecule has 0 aliphatic rings. The number of amides is 2. The molecule has 0 spiro atoms. The molecule has 1 unspecified atom stereocenters. The molecule has 3 rings (SSSR count). The number of carbonyl (C=O) groups is 2. The summed E-state index contributed by atoms with van der Waals surface area (Å²) in [6, 6.07) is 19.1. The summed E-state index contributed by atoms with van der Waals surface area (Å²) in [6.45, 7) is 6.65. The van der Waals surface area contributed by atoms with Gasteiger partial charge < -0.3 is 19.7 Å². The van der Waals surface area contributed by atoms with Crippen LogP contribution in [-0.2, 0) is 26.2 Å². The van der Waals surface area contributed by atoms with E-state index in [1.807, 2.05) is 20.8 Å². The lowest BCUT2D eigenvalue weighted by Crippen LogP contribution is -2.52. The molecule has 9 nitrogen and oxygen atoms in total. The Kier molecular flexibility index (Phi) is 10.2. The summed E-state index contributed by atoms with van der Waals surface area (Å²) >= 11 is 0. The third-order valence-electron chi connectivity index (χ3n) is 6.32. The summed E-state index contributed by atoms with van der Waals surface area (Å²) in [5.74, 6) is 0.0526. The van der Waals surface area contributed by atoms with Crippen LogP contribution in [0.15, 0.2) is 77.7 Å². The first-order chi connectivity index (χ1) is 19.0. The van der Waals surface area contributed by atoms with Gasteiger partial charge in [0.15, 0.2) is 0 Å². The number of nitrogens with one attached hydrogen (secondary N) is 1. The van der Waals surface area contributed by atoms with Crippen molar-refractivity contribution in [2.24, 2.45) is 0 Å². The van der Waals surface area contributed by atoms with Crippen LogP contribution in [0, 0.1) is 6.92 Å². The van der Waals surface area contributed by atoms with Crippen LogP contribution in [0.2, 0.25) is 0 Å². The maximum Gasteiger partial charge on any atom is 0.264 e. The minimum absolute atomic E-state index is 0.0265. The molecule has 0 radical (unpaired) electrons.